The number of fused-ring (bicyclic) bond motifs is 3. The Balaban J connectivity index is 1.43. The number of aromatic nitrogens is 3. The van der Waals surface area contributed by atoms with Gasteiger partial charge < -0.3 is 0 Å². The van der Waals surface area contributed by atoms with Crippen LogP contribution in [0.2, 0.25) is 0 Å². The summed E-state index contributed by atoms with van der Waals surface area (Å²) in [4.78, 5) is 0. The summed E-state index contributed by atoms with van der Waals surface area (Å²) in [6.45, 7) is 0. The number of benzene rings is 7. The topological polar surface area (TPSA) is 38.7 Å². The van der Waals surface area contributed by atoms with Crippen LogP contribution in [0, 0.1) is 0 Å². The molecule has 3 nitrogen and oxygen atoms in total. The Morgan fingerprint density at radius 1 is 0.327 bits per heavy atom. The molecular weight excluding hydrogens is 661 g/mol. The van der Waals surface area contributed by atoms with Crippen molar-refractivity contribution in [3.05, 3.63) is 176 Å². The third-order valence-corrected chi connectivity index (χ3v) is 11.6. The van der Waals surface area contributed by atoms with Crippen LogP contribution in [-0.4, -0.2) is 29.9 Å². The molecule has 0 fully saturated rings. The van der Waals surface area contributed by atoms with Gasteiger partial charge in [-0.15, -0.1) is 0 Å². The van der Waals surface area contributed by atoms with E-state index in [2.05, 4.69) is 181 Å². The molecule has 9 rings (SSSR count). The van der Waals surface area contributed by atoms with Gasteiger partial charge in [0.05, 0.1) is 0 Å². The number of hydrogen-bond acceptors (Lipinski definition) is 3. The Morgan fingerprint density at radius 2 is 0.837 bits per heavy atom. The van der Waals surface area contributed by atoms with Crippen LogP contribution in [0.25, 0.3) is 86.3 Å². The molecule has 2 aromatic heterocycles. The first kappa shape index (κ1) is 29.2. The molecule has 4 heteroatoms. The van der Waals surface area contributed by atoms with Crippen LogP contribution in [0.1, 0.15) is 0 Å². The fourth-order valence-corrected chi connectivity index (χ4v) is 9.34. The van der Waals surface area contributed by atoms with Crippen molar-refractivity contribution in [1.82, 2.24) is 15.4 Å². The van der Waals surface area contributed by atoms with Gasteiger partial charge in [0.15, 0.2) is 0 Å². The normalized spacial score (nSPS) is 11.3. The first-order valence-electron chi connectivity index (χ1n) is 16.4. The van der Waals surface area contributed by atoms with E-state index in [4.69, 9.17) is 10.2 Å². The van der Waals surface area contributed by atoms with Gasteiger partial charge in [-0.2, -0.15) is 0 Å². The zero-order chi connectivity index (χ0) is 32.6. The fraction of sp³-hybridized carbons (Fsp3) is 0. The second kappa shape index (κ2) is 12.6. The van der Waals surface area contributed by atoms with E-state index in [9.17, 15) is 0 Å². The summed E-state index contributed by atoms with van der Waals surface area (Å²) in [5.74, 6) is 0. The van der Waals surface area contributed by atoms with E-state index in [0.29, 0.717) is 0 Å². The van der Waals surface area contributed by atoms with E-state index in [1.807, 2.05) is 0 Å². The van der Waals surface area contributed by atoms with Crippen molar-refractivity contribution in [2.45, 2.75) is 0 Å². The van der Waals surface area contributed by atoms with Crippen molar-refractivity contribution in [3.8, 4) is 67.0 Å². The number of nitrogens with zero attached hydrogens (tertiary/aromatic N) is 3. The minimum absolute atomic E-state index is 0.175. The van der Waals surface area contributed by atoms with Gasteiger partial charge >= 0.3 is 292 Å². The molecule has 0 saturated carbocycles. The molecule has 2 heterocycles. The van der Waals surface area contributed by atoms with E-state index in [-0.39, 0.29) is 14.5 Å². The van der Waals surface area contributed by atoms with Gasteiger partial charge in [-0.1, -0.05) is 0 Å². The zero-order valence-corrected chi connectivity index (χ0v) is 28.2. The van der Waals surface area contributed by atoms with Crippen LogP contribution in [0.3, 0.4) is 0 Å². The van der Waals surface area contributed by atoms with Gasteiger partial charge in [-0.05, 0) is 0 Å². The Kier molecular flexibility index (Phi) is 7.51. The van der Waals surface area contributed by atoms with Crippen LogP contribution in [0.4, 0.5) is 0 Å². The van der Waals surface area contributed by atoms with Gasteiger partial charge in [0.1, 0.15) is 0 Å². The maximum absolute atomic E-state index is 5.00. The molecule has 0 atom stereocenters. The van der Waals surface area contributed by atoms with E-state index < -0.39 is 0 Å². The van der Waals surface area contributed by atoms with Crippen molar-refractivity contribution in [1.29, 1.82) is 0 Å². The van der Waals surface area contributed by atoms with Gasteiger partial charge in [0, 0.05) is 0 Å². The quantitative estimate of drug-likeness (QED) is 0.163. The maximum atomic E-state index is 5.00. The van der Waals surface area contributed by atoms with Gasteiger partial charge in [-0.25, -0.2) is 0 Å². The molecule has 0 radical (unpaired) electrons. The van der Waals surface area contributed by atoms with Crippen LogP contribution >= 0.6 is 0 Å². The van der Waals surface area contributed by atoms with Gasteiger partial charge in [-0.3, -0.25) is 0 Å². The van der Waals surface area contributed by atoms with E-state index in [1.54, 1.807) is 0 Å². The summed E-state index contributed by atoms with van der Waals surface area (Å²) >= 11 is 0.175. The van der Waals surface area contributed by atoms with Crippen LogP contribution in [0.5, 0.6) is 0 Å². The Hall–Kier alpha value is -5.93. The molecule has 0 unspecified atom stereocenters. The molecular formula is C45H29N3Se. The summed E-state index contributed by atoms with van der Waals surface area (Å²) in [7, 11) is 0. The molecule has 0 N–H and O–H groups in total. The second-order valence-corrected chi connectivity index (χ2v) is 14.3. The molecule has 0 bridgehead atoms. The summed E-state index contributed by atoms with van der Waals surface area (Å²) in [6.07, 6.45) is 0. The predicted molar refractivity (Wildman–Crippen MR) is 204 cm³/mol. The average molecular weight is 691 g/mol. The molecule has 0 amide bonds. The summed E-state index contributed by atoms with van der Waals surface area (Å²) in [6, 6.07) is 62.4. The number of hydrogen-bond donors (Lipinski definition) is 0. The monoisotopic (exact) mass is 691 g/mol. The van der Waals surface area contributed by atoms with Gasteiger partial charge in [0.2, 0.25) is 0 Å². The third-order valence-electron chi connectivity index (χ3n) is 9.17. The SMILES string of the molecule is c1ccc(-c2ccccc2-c2ccc3[se]c4ccccc4c3c2-c2nnnc(-c3ccccc3-c3ccccc3)c2-c2ccccc2)cc1. The molecule has 9 aromatic rings. The van der Waals surface area contributed by atoms with E-state index in [0.717, 1.165) is 55.9 Å². The van der Waals surface area contributed by atoms with Crippen molar-refractivity contribution >= 4 is 33.8 Å². The molecule has 0 aliphatic rings. The third kappa shape index (κ3) is 5.19. The molecule has 0 aliphatic heterocycles. The first-order valence-corrected chi connectivity index (χ1v) is 18.1. The van der Waals surface area contributed by atoms with Crippen molar-refractivity contribution in [2.24, 2.45) is 0 Å². The second-order valence-electron chi connectivity index (χ2n) is 12.0. The van der Waals surface area contributed by atoms with Crippen molar-refractivity contribution in [2.75, 3.05) is 0 Å². The predicted octanol–water partition coefficient (Wildman–Crippen LogP) is 11.2. The standard InChI is InChI=1S/C45H29N3Se/c1-4-16-30(17-5-1)33-22-10-12-24-35(33)36-28-29-40-42(38-26-14-15-27-39(38)49-40)43(36)45-41(32-20-8-3-9-21-32)44(46-48-47-45)37-25-13-11-23-34(37)31-18-6-2-7-19-31/h1-29H. The molecule has 0 aliphatic carbocycles. The van der Waals surface area contributed by atoms with Crippen LogP contribution in [-0.2, 0) is 0 Å². The van der Waals surface area contributed by atoms with Crippen LogP contribution in [0.15, 0.2) is 176 Å². The molecule has 7 aromatic carbocycles. The van der Waals surface area contributed by atoms with Crippen LogP contribution < -0.4 is 0 Å². The Bertz CT molecular complexity index is 2590. The zero-order valence-electron chi connectivity index (χ0n) is 26.5. The average Bonchev–Trinajstić information content (AvgIpc) is 3.57. The molecule has 230 valence electrons. The Labute approximate surface area is 290 Å². The van der Waals surface area contributed by atoms with Crippen molar-refractivity contribution in [3.63, 3.8) is 0 Å². The Morgan fingerprint density at radius 3 is 1.51 bits per heavy atom. The minimum atomic E-state index is 0.175. The van der Waals surface area contributed by atoms with E-state index in [1.165, 1.54) is 30.4 Å². The molecule has 0 spiro atoms. The summed E-state index contributed by atoms with van der Waals surface area (Å²) in [5.41, 5.74) is 12.7. The molecule has 49 heavy (non-hydrogen) atoms. The number of rotatable bonds is 6. The molecule has 0 saturated heterocycles. The fourth-order valence-electron chi connectivity index (χ4n) is 7.00. The van der Waals surface area contributed by atoms with Gasteiger partial charge in [0.25, 0.3) is 0 Å². The first-order chi connectivity index (χ1) is 24.3. The van der Waals surface area contributed by atoms with E-state index >= 15 is 0 Å². The summed E-state index contributed by atoms with van der Waals surface area (Å²) < 4.78 is 2.74. The summed E-state index contributed by atoms with van der Waals surface area (Å²) in [5, 5.41) is 16.9. The van der Waals surface area contributed by atoms with Crippen molar-refractivity contribution < 1.29 is 0 Å².